The van der Waals surface area contributed by atoms with Gasteiger partial charge < -0.3 is 10.5 Å². The molecule has 0 aromatic heterocycles. The number of hydrogen-bond acceptors (Lipinski definition) is 2. The van der Waals surface area contributed by atoms with Crippen LogP contribution in [0.3, 0.4) is 0 Å². The summed E-state index contributed by atoms with van der Waals surface area (Å²) in [6.07, 6.45) is 3.32. The van der Waals surface area contributed by atoms with Gasteiger partial charge in [-0.25, -0.2) is 0 Å². The third-order valence-corrected chi connectivity index (χ3v) is 3.00. The summed E-state index contributed by atoms with van der Waals surface area (Å²) in [5.41, 5.74) is 8.07. The molecule has 0 aliphatic carbocycles. The second kappa shape index (κ2) is 7.33. The molecule has 2 N–H and O–H groups in total. The van der Waals surface area contributed by atoms with Crippen LogP contribution in [0.5, 0.6) is 5.75 Å². The topological polar surface area (TPSA) is 35.2 Å². The van der Waals surface area contributed by atoms with Crippen molar-refractivity contribution in [2.75, 3.05) is 13.2 Å². The van der Waals surface area contributed by atoms with Crippen molar-refractivity contribution in [1.82, 2.24) is 0 Å². The van der Waals surface area contributed by atoms with Crippen LogP contribution in [0.15, 0.2) is 18.2 Å². The fourth-order valence-corrected chi connectivity index (χ4v) is 2.07. The van der Waals surface area contributed by atoms with Gasteiger partial charge in [-0.15, -0.1) is 0 Å². The van der Waals surface area contributed by atoms with Crippen molar-refractivity contribution in [2.45, 2.75) is 40.0 Å². The first-order valence-electron chi connectivity index (χ1n) is 6.60. The predicted octanol–water partition coefficient (Wildman–Crippen LogP) is 3.31. The van der Waals surface area contributed by atoms with Crippen molar-refractivity contribution < 1.29 is 4.74 Å². The van der Waals surface area contributed by atoms with Crippen molar-refractivity contribution in [3.63, 3.8) is 0 Å². The average molecular weight is 235 g/mol. The summed E-state index contributed by atoms with van der Waals surface area (Å²) in [6.45, 7) is 8.02. The molecular weight excluding hydrogens is 210 g/mol. The van der Waals surface area contributed by atoms with Crippen molar-refractivity contribution in [3.05, 3.63) is 29.3 Å². The first-order chi connectivity index (χ1) is 8.19. The minimum absolute atomic E-state index is 0.616. The fraction of sp³-hybridized carbons (Fsp3) is 0.600. The van der Waals surface area contributed by atoms with E-state index in [1.54, 1.807) is 0 Å². The number of para-hydroxylation sites is 1. The Morgan fingerprint density at radius 2 is 2.12 bits per heavy atom. The summed E-state index contributed by atoms with van der Waals surface area (Å²) >= 11 is 0. The van der Waals surface area contributed by atoms with Gasteiger partial charge in [-0.2, -0.15) is 0 Å². The molecule has 1 aromatic carbocycles. The van der Waals surface area contributed by atoms with Gasteiger partial charge in [-0.1, -0.05) is 38.5 Å². The van der Waals surface area contributed by atoms with E-state index in [0.717, 1.165) is 18.8 Å². The Labute approximate surface area is 105 Å². The maximum Gasteiger partial charge on any atom is 0.125 e. The highest BCUT2D eigenvalue weighted by molar-refractivity contribution is 5.40. The quantitative estimate of drug-likeness (QED) is 0.787. The largest absolute Gasteiger partial charge is 0.493 e. The molecule has 1 aromatic rings. The van der Waals surface area contributed by atoms with E-state index in [1.807, 2.05) is 0 Å². The normalized spacial score (nSPS) is 12.5. The number of ether oxygens (including phenoxy) is 1. The molecule has 96 valence electrons. The third kappa shape index (κ3) is 4.39. The Bertz CT molecular complexity index is 336. The smallest absolute Gasteiger partial charge is 0.125 e. The predicted molar refractivity (Wildman–Crippen MR) is 73.5 cm³/mol. The molecule has 2 nitrogen and oxygen atoms in total. The molecule has 0 radical (unpaired) electrons. The Kier molecular flexibility index (Phi) is 6.06. The molecule has 17 heavy (non-hydrogen) atoms. The summed E-state index contributed by atoms with van der Waals surface area (Å²) in [7, 11) is 0. The van der Waals surface area contributed by atoms with Crippen LogP contribution in [0.4, 0.5) is 0 Å². The third-order valence-electron chi connectivity index (χ3n) is 3.00. The maximum atomic E-state index is 5.98. The Hall–Kier alpha value is -1.02. The van der Waals surface area contributed by atoms with E-state index in [4.69, 9.17) is 10.5 Å². The van der Waals surface area contributed by atoms with Crippen molar-refractivity contribution >= 4 is 0 Å². The molecule has 0 saturated heterocycles. The maximum absolute atomic E-state index is 5.98. The molecule has 0 spiro atoms. The highest BCUT2D eigenvalue weighted by Gasteiger charge is 2.08. The van der Waals surface area contributed by atoms with E-state index in [2.05, 4.69) is 39.0 Å². The highest BCUT2D eigenvalue weighted by atomic mass is 16.5. The monoisotopic (exact) mass is 235 g/mol. The molecule has 2 heteroatoms. The van der Waals surface area contributed by atoms with Gasteiger partial charge in [0.15, 0.2) is 0 Å². The van der Waals surface area contributed by atoms with Crippen LogP contribution in [0, 0.1) is 12.8 Å². The summed E-state index contributed by atoms with van der Waals surface area (Å²) in [5.74, 6) is 1.66. The Morgan fingerprint density at radius 3 is 2.76 bits per heavy atom. The second-order valence-electron chi connectivity index (χ2n) is 4.81. The zero-order valence-corrected chi connectivity index (χ0v) is 11.3. The van der Waals surface area contributed by atoms with Gasteiger partial charge in [-0.05, 0) is 43.4 Å². The van der Waals surface area contributed by atoms with Crippen LogP contribution in [0.1, 0.15) is 37.8 Å². The number of benzene rings is 1. The molecule has 0 aliphatic heterocycles. The molecule has 1 rings (SSSR count). The minimum atomic E-state index is 0.616. The zero-order chi connectivity index (χ0) is 12.7. The molecule has 0 saturated carbocycles. The lowest BCUT2D eigenvalue weighted by Gasteiger charge is -2.17. The standard InChI is InChI=1S/C15H25NO/c1-4-6-12(2)11-17-15-13(3)7-5-8-14(15)9-10-16/h5,7-8,12H,4,6,9-11,16H2,1-3H3. The average Bonchev–Trinajstić information content (AvgIpc) is 2.29. The number of hydrogen-bond donors (Lipinski definition) is 1. The molecular formula is C15H25NO. The van der Waals surface area contributed by atoms with Crippen LogP contribution in [0.2, 0.25) is 0 Å². The second-order valence-corrected chi connectivity index (χ2v) is 4.81. The van der Waals surface area contributed by atoms with Gasteiger partial charge in [0.1, 0.15) is 5.75 Å². The number of aryl methyl sites for hydroxylation is 1. The Morgan fingerprint density at radius 1 is 1.35 bits per heavy atom. The Balaban J connectivity index is 2.68. The van der Waals surface area contributed by atoms with Gasteiger partial charge in [0.05, 0.1) is 6.61 Å². The van der Waals surface area contributed by atoms with Gasteiger partial charge in [0.2, 0.25) is 0 Å². The fourth-order valence-electron chi connectivity index (χ4n) is 2.07. The first kappa shape index (κ1) is 14.0. The van der Waals surface area contributed by atoms with Gasteiger partial charge in [0, 0.05) is 0 Å². The van der Waals surface area contributed by atoms with Crippen LogP contribution < -0.4 is 10.5 Å². The minimum Gasteiger partial charge on any atom is -0.493 e. The van der Waals surface area contributed by atoms with E-state index in [-0.39, 0.29) is 0 Å². The van der Waals surface area contributed by atoms with E-state index in [9.17, 15) is 0 Å². The van der Waals surface area contributed by atoms with E-state index < -0.39 is 0 Å². The lowest BCUT2D eigenvalue weighted by atomic mass is 10.1. The molecule has 0 amide bonds. The van der Waals surface area contributed by atoms with Crippen molar-refractivity contribution in [1.29, 1.82) is 0 Å². The molecule has 1 atom stereocenters. The summed E-state index contributed by atoms with van der Waals surface area (Å²) in [5, 5.41) is 0. The molecule has 0 fully saturated rings. The lowest BCUT2D eigenvalue weighted by molar-refractivity contribution is 0.248. The van der Waals surface area contributed by atoms with E-state index in [0.29, 0.717) is 12.5 Å². The molecule has 0 bridgehead atoms. The van der Waals surface area contributed by atoms with E-state index in [1.165, 1.54) is 24.0 Å². The van der Waals surface area contributed by atoms with Crippen LogP contribution >= 0.6 is 0 Å². The lowest BCUT2D eigenvalue weighted by Crippen LogP contribution is -2.11. The van der Waals surface area contributed by atoms with Gasteiger partial charge in [-0.3, -0.25) is 0 Å². The number of rotatable bonds is 7. The number of nitrogens with two attached hydrogens (primary N) is 1. The molecule has 0 heterocycles. The first-order valence-corrected chi connectivity index (χ1v) is 6.60. The zero-order valence-electron chi connectivity index (χ0n) is 11.3. The summed E-state index contributed by atoms with van der Waals surface area (Å²) in [6, 6.07) is 6.28. The van der Waals surface area contributed by atoms with Gasteiger partial charge >= 0.3 is 0 Å². The molecule has 1 unspecified atom stereocenters. The van der Waals surface area contributed by atoms with Crippen LogP contribution in [0.25, 0.3) is 0 Å². The van der Waals surface area contributed by atoms with Gasteiger partial charge in [0.25, 0.3) is 0 Å². The van der Waals surface area contributed by atoms with Crippen molar-refractivity contribution in [2.24, 2.45) is 11.7 Å². The molecule has 0 aliphatic rings. The van der Waals surface area contributed by atoms with Crippen molar-refractivity contribution in [3.8, 4) is 5.75 Å². The van der Waals surface area contributed by atoms with E-state index >= 15 is 0 Å². The summed E-state index contributed by atoms with van der Waals surface area (Å²) < 4.78 is 5.98. The SMILES string of the molecule is CCCC(C)COc1c(C)cccc1CCN. The van der Waals surface area contributed by atoms with Crippen LogP contribution in [-0.2, 0) is 6.42 Å². The van der Waals surface area contributed by atoms with Crippen LogP contribution in [-0.4, -0.2) is 13.2 Å². The highest BCUT2D eigenvalue weighted by Crippen LogP contribution is 2.24. The summed E-state index contributed by atoms with van der Waals surface area (Å²) in [4.78, 5) is 0.